The quantitative estimate of drug-likeness (QED) is 0.491. The van der Waals surface area contributed by atoms with E-state index in [0.717, 1.165) is 18.4 Å². The van der Waals surface area contributed by atoms with E-state index in [9.17, 15) is 0 Å². The highest BCUT2D eigenvalue weighted by molar-refractivity contribution is 6.00. The third-order valence-electron chi connectivity index (χ3n) is 4.39. The van der Waals surface area contributed by atoms with Crippen LogP contribution < -0.4 is 0 Å². The lowest BCUT2D eigenvalue weighted by Gasteiger charge is -2.25. The van der Waals surface area contributed by atoms with Crippen LogP contribution in [0, 0.1) is 11.8 Å². The Kier molecular flexibility index (Phi) is 8.09. The van der Waals surface area contributed by atoms with Gasteiger partial charge in [0.05, 0.1) is 0 Å². The number of aliphatic imine (C=N–C) groups is 1. The summed E-state index contributed by atoms with van der Waals surface area (Å²) in [4.78, 5) is 4.86. The average molecular weight is 263 g/mol. The van der Waals surface area contributed by atoms with Crippen LogP contribution in [-0.2, 0) is 0 Å². The minimum atomic E-state index is 0.781. The second kappa shape index (κ2) is 9.34. The first-order valence-electron chi connectivity index (χ1n) is 8.35. The Morgan fingerprint density at radius 2 is 1.84 bits per heavy atom. The molecule has 0 radical (unpaired) electrons. The molecule has 1 nitrogen and oxygen atoms in total. The highest BCUT2D eigenvalue weighted by Gasteiger charge is 2.20. The largest absolute Gasteiger partial charge is 0.289 e. The average Bonchev–Trinajstić information content (AvgIpc) is 2.39. The van der Waals surface area contributed by atoms with E-state index in [4.69, 9.17) is 4.99 Å². The van der Waals surface area contributed by atoms with E-state index in [1.54, 1.807) is 0 Å². The molecular weight excluding hydrogens is 230 g/mol. The van der Waals surface area contributed by atoms with Crippen LogP contribution in [0.4, 0.5) is 0 Å². The topological polar surface area (TPSA) is 12.4 Å². The maximum atomic E-state index is 4.86. The van der Waals surface area contributed by atoms with E-state index in [1.165, 1.54) is 62.7 Å². The molecule has 0 saturated heterocycles. The number of hydrogen-bond donors (Lipinski definition) is 0. The molecule has 0 amide bonds. The molecule has 0 bridgehead atoms. The number of rotatable bonds is 8. The Morgan fingerprint density at radius 3 is 2.53 bits per heavy atom. The number of allylic oxidation sites excluding steroid dienone is 2. The van der Waals surface area contributed by atoms with Crippen molar-refractivity contribution < 1.29 is 0 Å². The summed E-state index contributed by atoms with van der Waals surface area (Å²) in [7, 11) is 0. The van der Waals surface area contributed by atoms with E-state index >= 15 is 0 Å². The van der Waals surface area contributed by atoms with Crippen LogP contribution in [0.3, 0.4) is 0 Å². The van der Waals surface area contributed by atoms with Gasteiger partial charge < -0.3 is 0 Å². The lowest BCUT2D eigenvalue weighted by atomic mass is 9.81. The Morgan fingerprint density at radius 1 is 1.16 bits per heavy atom. The summed E-state index contributed by atoms with van der Waals surface area (Å²) in [6.45, 7) is 10.2. The van der Waals surface area contributed by atoms with Crippen LogP contribution in [0.1, 0.15) is 79.1 Å². The Bertz CT molecular complexity index is 299. The maximum absolute atomic E-state index is 4.86. The van der Waals surface area contributed by atoms with Crippen LogP contribution >= 0.6 is 0 Å². The van der Waals surface area contributed by atoms with Crippen molar-refractivity contribution in [1.29, 1.82) is 0 Å². The van der Waals surface area contributed by atoms with Crippen molar-refractivity contribution in [3.05, 3.63) is 11.6 Å². The molecule has 0 unspecified atom stereocenters. The minimum absolute atomic E-state index is 0.781. The highest BCUT2D eigenvalue weighted by Crippen LogP contribution is 2.27. The van der Waals surface area contributed by atoms with Crippen LogP contribution in [-0.4, -0.2) is 12.3 Å². The molecule has 0 saturated carbocycles. The molecule has 1 aliphatic rings. The molecule has 0 aromatic heterocycles. The second-order valence-corrected chi connectivity index (χ2v) is 6.43. The summed E-state index contributed by atoms with van der Waals surface area (Å²) in [6, 6.07) is 0. The van der Waals surface area contributed by atoms with Crippen LogP contribution in [0.2, 0.25) is 0 Å². The van der Waals surface area contributed by atoms with E-state index in [1.807, 2.05) is 0 Å². The fourth-order valence-corrected chi connectivity index (χ4v) is 2.74. The van der Waals surface area contributed by atoms with Crippen molar-refractivity contribution in [2.75, 3.05) is 6.54 Å². The summed E-state index contributed by atoms with van der Waals surface area (Å²) in [5.74, 6) is 1.59. The Balaban J connectivity index is 2.27. The van der Waals surface area contributed by atoms with E-state index in [0.29, 0.717) is 0 Å². The molecule has 110 valence electrons. The van der Waals surface area contributed by atoms with Crippen molar-refractivity contribution in [1.82, 2.24) is 0 Å². The first-order chi connectivity index (χ1) is 9.15. The van der Waals surface area contributed by atoms with E-state index in [-0.39, 0.29) is 0 Å². The number of unbranched alkanes of at least 4 members (excludes halogenated alkanes) is 5. The van der Waals surface area contributed by atoms with Crippen molar-refractivity contribution in [2.24, 2.45) is 16.8 Å². The summed E-state index contributed by atoms with van der Waals surface area (Å²) >= 11 is 0. The number of nitrogens with zero attached hydrogens (tertiary/aromatic N) is 1. The third-order valence-corrected chi connectivity index (χ3v) is 4.39. The first-order valence-corrected chi connectivity index (χ1v) is 8.35. The fraction of sp³-hybridized carbons (Fsp3) is 0.833. The zero-order valence-corrected chi connectivity index (χ0v) is 13.5. The molecule has 0 aromatic rings. The van der Waals surface area contributed by atoms with E-state index < -0.39 is 0 Å². The van der Waals surface area contributed by atoms with E-state index in [2.05, 4.69) is 33.8 Å². The molecule has 0 heterocycles. The summed E-state index contributed by atoms with van der Waals surface area (Å²) < 4.78 is 0. The molecule has 0 aliphatic heterocycles. The maximum Gasteiger partial charge on any atom is 0.0392 e. The van der Waals surface area contributed by atoms with Gasteiger partial charge in [0.2, 0.25) is 0 Å². The molecule has 1 atom stereocenters. The van der Waals surface area contributed by atoms with Gasteiger partial charge in [-0.05, 0) is 43.6 Å². The Hall–Kier alpha value is -0.590. The van der Waals surface area contributed by atoms with Gasteiger partial charge in [-0.3, -0.25) is 4.99 Å². The van der Waals surface area contributed by atoms with Gasteiger partial charge in [0.1, 0.15) is 0 Å². The van der Waals surface area contributed by atoms with Gasteiger partial charge in [-0.25, -0.2) is 0 Å². The summed E-state index contributed by atoms with van der Waals surface area (Å²) in [5.41, 5.74) is 2.82. The van der Waals surface area contributed by atoms with Gasteiger partial charge in [-0.15, -0.1) is 0 Å². The smallest absolute Gasteiger partial charge is 0.0392 e. The molecule has 0 N–H and O–H groups in total. The third kappa shape index (κ3) is 6.40. The predicted octanol–water partition coefficient (Wildman–Crippen LogP) is 5.80. The molecule has 0 aromatic carbocycles. The molecule has 0 fully saturated rings. The van der Waals surface area contributed by atoms with Crippen molar-refractivity contribution in [3.63, 3.8) is 0 Å². The summed E-state index contributed by atoms with van der Waals surface area (Å²) in [5, 5.41) is 0. The SMILES string of the molecule is CCCCCCCCN=C1C[C@H](C(C)C)CC=C1C. The lowest BCUT2D eigenvalue weighted by molar-refractivity contribution is 0.395. The van der Waals surface area contributed by atoms with Gasteiger partial charge in [-0.2, -0.15) is 0 Å². The van der Waals surface area contributed by atoms with Crippen molar-refractivity contribution in [2.45, 2.75) is 79.1 Å². The lowest BCUT2D eigenvalue weighted by Crippen LogP contribution is -2.19. The van der Waals surface area contributed by atoms with Gasteiger partial charge in [0.15, 0.2) is 0 Å². The summed E-state index contributed by atoms with van der Waals surface area (Å²) in [6.07, 6.45) is 13.0. The predicted molar refractivity (Wildman–Crippen MR) is 87.0 cm³/mol. The standard InChI is InChI=1S/C18H33N/c1-5-6-7-8-9-10-13-19-18-14-17(15(2)3)12-11-16(18)4/h11,15,17H,5-10,12-14H2,1-4H3/t17-/m1/s1. The van der Waals surface area contributed by atoms with Crippen LogP contribution in [0.15, 0.2) is 16.6 Å². The molecule has 1 heteroatoms. The van der Waals surface area contributed by atoms with Gasteiger partial charge in [0.25, 0.3) is 0 Å². The first kappa shape index (κ1) is 16.5. The van der Waals surface area contributed by atoms with Crippen molar-refractivity contribution in [3.8, 4) is 0 Å². The molecule has 0 spiro atoms. The zero-order chi connectivity index (χ0) is 14.1. The minimum Gasteiger partial charge on any atom is -0.289 e. The van der Waals surface area contributed by atoms with Gasteiger partial charge in [0, 0.05) is 12.3 Å². The highest BCUT2D eigenvalue weighted by atomic mass is 14.7. The van der Waals surface area contributed by atoms with Gasteiger partial charge in [-0.1, -0.05) is 59.0 Å². The van der Waals surface area contributed by atoms with Crippen molar-refractivity contribution >= 4 is 5.71 Å². The fourth-order valence-electron chi connectivity index (χ4n) is 2.74. The van der Waals surface area contributed by atoms with Crippen LogP contribution in [0.5, 0.6) is 0 Å². The second-order valence-electron chi connectivity index (χ2n) is 6.43. The van der Waals surface area contributed by atoms with Gasteiger partial charge >= 0.3 is 0 Å². The number of hydrogen-bond acceptors (Lipinski definition) is 1. The molecular formula is C18H33N. The molecule has 19 heavy (non-hydrogen) atoms. The Labute approximate surface area is 120 Å². The monoisotopic (exact) mass is 263 g/mol. The van der Waals surface area contributed by atoms with Crippen LogP contribution in [0.25, 0.3) is 0 Å². The normalized spacial score (nSPS) is 22.1. The molecule has 1 rings (SSSR count). The zero-order valence-electron chi connectivity index (χ0n) is 13.5. The molecule has 1 aliphatic carbocycles.